The summed E-state index contributed by atoms with van der Waals surface area (Å²) in [7, 11) is 0. The van der Waals surface area contributed by atoms with E-state index in [1.807, 2.05) is 30.3 Å². The van der Waals surface area contributed by atoms with E-state index >= 15 is 0 Å². The Morgan fingerprint density at radius 1 is 0.947 bits per heavy atom. The van der Waals surface area contributed by atoms with Gasteiger partial charge in [0.15, 0.2) is 0 Å². The van der Waals surface area contributed by atoms with Crippen molar-refractivity contribution in [3.05, 3.63) is 72.2 Å². The summed E-state index contributed by atoms with van der Waals surface area (Å²) in [6.07, 6.45) is 5.33. The second-order valence-electron chi connectivity index (χ2n) is 4.30. The first-order chi connectivity index (χ1) is 9.40. The van der Waals surface area contributed by atoms with Crippen molar-refractivity contribution in [1.82, 2.24) is 15.4 Å². The van der Waals surface area contributed by atoms with Crippen molar-refractivity contribution < 1.29 is 0 Å². The van der Waals surface area contributed by atoms with E-state index in [1.54, 1.807) is 18.6 Å². The van der Waals surface area contributed by atoms with Crippen molar-refractivity contribution >= 4 is 10.9 Å². The first-order valence-electron chi connectivity index (χ1n) is 6.10. The largest absolute Gasteiger partial charge is 0.271 e. The predicted octanol–water partition coefficient (Wildman–Crippen LogP) is 2.18. The number of nitrogens with one attached hydrogen (secondary N) is 1. The molecule has 2 aromatic heterocycles. The molecular formula is C15H14N4. The number of hydrogen-bond acceptors (Lipinski definition) is 4. The van der Waals surface area contributed by atoms with E-state index in [9.17, 15) is 0 Å². The molecule has 3 aromatic rings. The molecule has 0 aliphatic rings. The van der Waals surface area contributed by atoms with E-state index < -0.39 is 0 Å². The third-order valence-corrected chi connectivity index (χ3v) is 3.20. The highest BCUT2D eigenvalue weighted by Crippen LogP contribution is 2.27. The van der Waals surface area contributed by atoms with Gasteiger partial charge in [-0.3, -0.25) is 15.8 Å². The smallest absolute Gasteiger partial charge is 0.0717 e. The molecule has 1 unspecified atom stereocenters. The molecule has 3 rings (SSSR count). The van der Waals surface area contributed by atoms with Crippen molar-refractivity contribution in [1.29, 1.82) is 0 Å². The zero-order valence-corrected chi connectivity index (χ0v) is 10.3. The monoisotopic (exact) mass is 250 g/mol. The molecule has 2 heterocycles. The van der Waals surface area contributed by atoms with Gasteiger partial charge < -0.3 is 0 Å². The fourth-order valence-corrected chi connectivity index (χ4v) is 2.30. The van der Waals surface area contributed by atoms with E-state index in [1.165, 1.54) is 0 Å². The maximum atomic E-state index is 5.74. The van der Waals surface area contributed by atoms with Gasteiger partial charge in [0.25, 0.3) is 0 Å². The van der Waals surface area contributed by atoms with E-state index in [-0.39, 0.29) is 6.04 Å². The summed E-state index contributed by atoms with van der Waals surface area (Å²) >= 11 is 0. The fraction of sp³-hybridized carbons (Fsp3) is 0.0667. The minimum atomic E-state index is -0.0732. The van der Waals surface area contributed by atoms with Crippen molar-refractivity contribution in [2.24, 2.45) is 5.84 Å². The van der Waals surface area contributed by atoms with E-state index in [0.717, 1.165) is 22.0 Å². The summed E-state index contributed by atoms with van der Waals surface area (Å²) in [6, 6.07) is 13.9. The predicted molar refractivity (Wildman–Crippen MR) is 75.1 cm³/mol. The lowest BCUT2D eigenvalue weighted by molar-refractivity contribution is 0.640. The average molecular weight is 250 g/mol. The minimum absolute atomic E-state index is 0.0732. The zero-order valence-electron chi connectivity index (χ0n) is 10.3. The van der Waals surface area contributed by atoms with Gasteiger partial charge in [0.05, 0.1) is 11.6 Å². The standard InChI is InChI=1S/C15H14N4/c16-19-15(11-6-9-17-10-7-11)13-3-1-5-14-12(13)4-2-8-18-14/h1-10,15,19H,16H2. The van der Waals surface area contributed by atoms with Crippen LogP contribution in [0, 0.1) is 0 Å². The van der Waals surface area contributed by atoms with Gasteiger partial charge in [-0.25, -0.2) is 5.43 Å². The topological polar surface area (TPSA) is 63.8 Å². The normalized spacial score (nSPS) is 12.5. The molecule has 0 fully saturated rings. The van der Waals surface area contributed by atoms with Crippen LogP contribution in [0.5, 0.6) is 0 Å². The quantitative estimate of drug-likeness (QED) is 0.552. The van der Waals surface area contributed by atoms with Crippen LogP contribution in [-0.2, 0) is 0 Å². The van der Waals surface area contributed by atoms with E-state index in [0.29, 0.717) is 0 Å². The van der Waals surface area contributed by atoms with Gasteiger partial charge >= 0.3 is 0 Å². The van der Waals surface area contributed by atoms with E-state index in [2.05, 4.69) is 27.5 Å². The molecule has 4 nitrogen and oxygen atoms in total. The molecule has 19 heavy (non-hydrogen) atoms. The van der Waals surface area contributed by atoms with Crippen LogP contribution in [0.15, 0.2) is 61.1 Å². The Labute approximate surface area is 111 Å². The number of pyridine rings is 2. The second-order valence-corrected chi connectivity index (χ2v) is 4.30. The van der Waals surface area contributed by atoms with Crippen LogP contribution < -0.4 is 11.3 Å². The summed E-state index contributed by atoms with van der Waals surface area (Å²) in [6.45, 7) is 0. The van der Waals surface area contributed by atoms with Crippen molar-refractivity contribution in [3.8, 4) is 0 Å². The van der Waals surface area contributed by atoms with Gasteiger partial charge in [-0.05, 0) is 35.4 Å². The zero-order chi connectivity index (χ0) is 13.1. The molecular weight excluding hydrogens is 236 g/mol. The summed E-state index contributed by atoms with van der Waals surface area (Å²) < 4.78 is 0. The lowest BCUT2D eigenvalue weighted by Crippen LogP contribution is -2.29. The van der Waals surface area contributed by atoms with Gasteiger partial charge in [0, 0.05) is 24.0 Å². The fourth-order valence-electron chi connectivity index (χ4n) is 2.30. The molecule has 1 aromatic carbocycles. The van der Waals surface area contributed by atoms with Crippen LogP contribution >= 0.6 is 0 Å². The molecule has 0 radical (unpaired) electrons. The van der Waals surface area contributed by atoms with Crippen molar-refractivity contribution in [3.63, 3.8) is 0 Å². The highest BCUT2D eigenvalue weighted by molar-refractivity contribution is 5.82. The van der Waals surface area contributed by atoms with Crippen LogP contribution in [0.25, 0.3) is 10.9 Å². The Morgan fingerprint density at radius 2 is 1.79 bits per heavy atom. The molecule has 94 valence electrons. The van der Waals surface area contributed by atoms with Gasteiger partial charge in [0.2, 0.25) is 0 Å². The van der Waals surface area contributed by atoms with Gasteiger partial charge in [-0.15, -0.1) is 0 Å². The molecule has 0 aliphatic heterocycles. The lowest BCUT2D eigenvalue weighted by atomic mass is 9.96. The molecule has 0 bridgehead atoms. The number of rotatable bonds is 3. The molecule has 0 saturated carbocycles. The summed E-state index contributed by atoms with van der Waals surface area (Å²) in [5.74, 6) is 5.74. The first kappa shape index (κ1) is 11.8. The highest BCUT2D eigenvalue weighted by atomic mass is 15.2. The van der Waals surface area contributed by atoms with Crippen LogP contribution in [0.2, 0.25) is 0 Å². The SMILES string of the molecule is NNC(c1ccncc1)c1cccc2ncccc12. The van der Waals surface area contributed by atoms with Crippen LogP contribution in [0.1, 0.15) is 17.2 Å². The number of nitrogens with two attached hydrogens (primary N) is 1. The van der Waals surface area contributed by atoms with Crippen molar-refractivity contribution in [2.45, 2.75) is 6.04 Å². The number of nitrogens with zero attached hydrogens (tertiary/aromatic N) is 2. The molecule has 0 saturated heterocycles. The number of benzene rings is 1. The Hall–Kier alpha value is -2.30. The van der Waals surface area contributed by atoms with Gasteiger partial charge in [-0.2, -0.15) is 0 Å². The van der Waals surface area contributed by atoms with E-state index in [4.69, 9.17) is 5.84 Å². The molecule has 0 amide bonds. The van der Waals surface area contributed by atoms with Gasteiger partial charge in [-0.1, -0.05) is 18.2 Å². The van der Waals surface area contributed by atoms with Crippen LogP contribution in [0.3, 0.4) is 0 Å². The molecule has 0 aliphatic carbocycles. The molecule has 1 atom stereocenters. The third-order valence-electron chi connectivity index (χ3n) is 3.20. The minimum Gasteiger partial charge on any atom is -0.271 e. The molecule has 3 N–H and O–H groups in total. The Balaban J connectivity index is 2.17. The van der Waals surface area contributed by atoms with Crippen molar-refractivity contribution in [2.75, 3.05) is 0 Å². The Morgan fingerprint density at radius 3 is 2.58 bits per heavy atom. The number of hydrazine groups is 1. The maximum absolute atomic E-state index is 5.74. The first-order valence-corrected chi connectivity index (χ1v) is 6.10. The number of hydrogen-bond donors (Lipinski definition) is 2. The van der Waals surface area contributed by atoms with Crippen LogP contribution in [-0.4, -0.2) is 9.97 Å². The summed E-state index contributed by atoms with van der Waals surface area (Å²) in [4.78, 5) is 8.41. The third kappa shape index (κ3) is 2.19. The van der Waals surface area contributed by atoms with Crippen LogP contribution in [0.4, 0.5) is 0 Å². The van der Waals surface area contributed by atoms with Gasteiger partial charge in [0.1, 0.15) is 0 Å². The number of fused-ring (bicyclic) bond motifs is 1. The Kier molecular flexibility index (Phi) is 3.18. The number of aromatic nitrogens is 2. The highest BCUT2D eigenvalue weighted by Gasteiger charge is 2.14. The second kappa shape index (κ2) is 5.14. The molecule has 4 heteroatoms. The summed E-state index contributed by atoms with van der Waals surface area (Å²) in [5, 5.41) is 1.10. The summed E-state index contributed by atoms with van der Waals surface area (Å²) in [5.41, 5.74) is 6.03. The Bertz CT molecular complexity index is 677. The maximum Gasteiger partial charge on any atom is 0.0717 e. The lowest BCUT2D eigenvalue weighted by Gasteiger charge is -2.18. The average Bonchev–Trinajstić information content (AvgIpc) is 2.49. The molecule has 0 spiro atoms.